The van der Waals surface area contributed by atoms with Crippen LogP contribution in [0.1, 0.15) is 22.8 Å². The molecule has 0 aliphatic heterocycles. The second kappa shape index (κ2) is 8.76. The Hall–Kier alpha value is -1.53. The highest BCUT2D eigenvalue weighted by Crippen LogP contribution is 2.65. The van der Waals surface area contributed by atoms with Gasteiger partial charge in [0.25, 0.3) is 0 Å². The summed E-state index contributed by atoms with van der Waals surface area (Å²) >= 11 is 7.38. The summed E-state index contributed by atoms with van der Waals surface area (Å²) in [5, 5.41) is -1.21. The highest BCUT2D eigenvalue weighted by atomic mass is 79.9. The molecule has 0 atom stereocenters. The Morgan fingerprint density at radius 3 is 1.31 bits per heavy atom. The van der Waals surface area contributed by atoms with Gasteiger partial charge >= 0.3 is 47.6 Å². The molecule has 0 radical (unpaired) electrons. The molecule has 0 N–H and O–H groups in total. The first-order valence-electron chi connectivity index (χ1n) is 8.20. The van der Waals surface area contributed by atoms with Crippen LogP contribution in [0, 0.1) is 0 Å². The van der Waals surface area contributed by atoms with E-state index in [-0.39, 0.29) is 6.07 Å². The van der Waals surface area contributed by atoms with Gasteiger partial charge in [-0.25, -0.2) is 0 Å². The molecule has 36 heavy (non-hydrogen) atoms. The number of alkyl halides is 17. The average Bonchev–Trinajstić information content (AvgIpc) is 2.67. The Morgan fingerprint density at radius 1 is 0.639 bits per heavy atom. The summed E-state index contributed by atoms with van der Waals surface area (Å²) in [6.07, 6.45) is -7.82. The maximum Gasteiger partial charge on any atom is 0.460 e. The molecule has 0 unspecified atom stereocenters. The van der Waals surface area contributed by atoms with E-state index in [2.05, 4.69) is 15.9 Å². The summed E-state index contributed by atoms with van der Waals surface area (Å²) in [5.74, 6) is -58.4. The van der Waals surface area contributed by atoms with E-state index in [1.807, 2.05) is 0 Å². The molecule has 0 amide bonds. The molecule has 0 spiro atoms. The van der Waals surface area contributed by atoms with Crippen molar-refractivity contribution in [2.45, 2.75) is 54.6 Å². The topological polar surface area (TPSA) is 17.1 Å². The van der Waals surface area contributed by atoms with Crippen molar-refractivity contribution in [2.75, 3.05) is 0 Å². The van der Waals surface area contributed by atoms with Gasteiger partial charge < -0.3 is 0 Å². The Balaban J connectivity index is 3.83. The van der Waals surface area contributed by atoms with E-state index >= 15 is 0 Å². The first-order valence-corrected chi connectivity index (χ1v) is 9.37. The summed E-state index contributed by atoms with van der Waals surface area (Å²) in [5.41, 5.74) is -3.28. The molecule has 0 saturated heterocycles. The molecule has 0 fully saturated rings. The van der Waals surface area contributed by atoms with Crippen LogP contribution in [-0.4, -0.2) is 47.5 Å². The van der Waals surface area contributed by atoms with Gasteiger partial charge in [-0.2, -0.15) is 74.6 Å². The third-order valence-electron chi connectivity index (χ3n) is 4.50. The molecular weight excluding hydrogens is 646 g/mol. The van der Waals surface area contributed by atoms with Crippen LogP contribution in [0.4, 0.5) is 74.6 Å². The molecule has 208 valence electrons. The highest BCUT2D eigenvalue weighted by Gasteiger charge is 2.95. The van der Waals surface area contributed by atoms with Gasteiger partial charge in [0.05, 0.1) is 5.02 Å². The van der Waals surface area contributed by atoms with Crippen LogP contribution >= 0.6 is 27.5 Å². The molecule has 1 aromatic carbocycles. The second-order valence-corrected chi connectivity index (χ2v) is 8.15. The normalized spacial score (nSPS) is 15.3. The molecular formula is C16H5BrClF17O. The van der Waals surface area contributed by atoms with Gasteiger partial charge in [0.15, 0.2) is 5.78 Å². The van der Waals surface area contributed by atoms with Gasteiger partial charge in [-0.3, -0.25) is 4.79 Å². The van der Waals surface area contributed by atoms with E-state index in [1.54, 1.807) is 0 Å². The summed E-state index contributed by atoms with van der Waals surface area (Å²) in [6, 6.07) is -0.248. The van der Waals surface area contributed by atoms with Crippen LogP contribution in [-0.2, 0) is 5.92 Å². The maximum atomic E-state index is 14.3. The van der Waals surface area contributed by atoms with Crippen LogP contribution in [0.15, 0.2) is 16.6 Å². The number of hydrogen-bond donors (Lipinski definition) is 0. The summed E-state index contributed by atoms with van der Waals surface area (Å²) in [7, 11) is 0. The Bertz CT molecular complexity index is 1030. The van der Waals surface area contributed by atoms with Crippen molar-refractivity contribution in [1.82, 2.24) is 0 Å². The first-order chi connectivity index (χ1) is 15.5. The largest absolute Gasteiger partial charge is 0.460 e. The number of ketones is 1. The zero-order chi connectivity index (χ0) is 29.3. The molecule has 0 aliphatic rings. The zero-order valence-corrected chi connectivity index (χ0v) is 18.6. The van der Waals surface area contributed by atoms with Gasteiger partial charge in [0, 0.05) is 15.6 Å². The van der Waals surface area contributed by atoms with Crippen molar-refractivity contribution in [3.8, 4) is 0 Å². The van der Waals surface area contributed by atoms with Crippen LogP contribution in [0.2, 0.25) is 5.02 Å². The number of rotatable bonds is 8. The molecule has 0 heterocycles. The van der Waals surface area contributed by atoms with Crippen molar-refractivity contribution in [2.24, 2.45) is 0 Å². The minimum atomic E-state index is -8.71. The van der Waals surface area contributed by atoms with Gasteiger partial charge in [0.1, 0.15) is 0 Å². The lowest BCUT2D eigenvalue weighted by molar-refractivity contribution is -0.462. The number of halogens is 19. The van der Waals surface area contributed by atoms with Gasteiger partial charge in [-0.15, -0.1) is 0 Å². The van der Waals surface area contributed by atoms with E-state index in [4.69, 9.17) is 11.6 Å². The van der Waals surface area contributed by atoms with Gasteiger partial charge in [-0.05, 0) is 19.1 Å². The van der Waals surface area contributed by atoms with E-state index in [0.717, 1.165) is 0 Å². The number of benzene rings is 1. The highest BCUT2D eigenvalue weighted by molar-refractivity contribution is 9.10. The number of carbonyl (C=O) groups is 1. The van der Waals surface area contributed by atoms with Gasteiger partial charge in [-0.1, -0.05) is 27.5 Å². The van der Waals surface area contributed by atoms with E-state index in [9.17, 15) is 79.4 Å². The Kier molecular flexibility index (Phi) is 7.91. The minimum Gasteiger partial charge on any atom is -0.294 e. The first kappa shape index (κ1) is 32.5. The van der Waals surface area contributed by atoms with Crippen LogP contribution in [0.5, 0.6) is 0 Å². The smallest absolute Gasteiger partial charge is 0.294 e. The Labute approximate surface area is 200 Å². The molecule has 1 aromatic rings. The number of carbonyl (C=O) groups excluding carboxylic acids is 1. The summed E-state index contributed by atoms with van der Waals surface area (Å²) in [4.78, 5) is 11.3. The van der Waals surface area contributed by atoms with E-state index in [1.165, 1.54) is 0 Å². The van der Waals surface area contributed by atoms with E-state index in [0.29, 0.717) is 6.92 Å². The van der Waals surface area contributed by atoms with E-state index < -0.39 is 80.1 Å². The van der Waals surface area contributed by atoms with Crippen LogP contribution in [0.25, 0.3) is 0 Å². The lowest BCUT2D eigenvalue weighted by atomic mass is 9.87. The maximum absolute atomic E-state index is 14.3. The van der Waals surface area contributed by atoms with Crippen molar-refractivity contribution < 1.29 is 79.4 Å². The fraction of sp³-hybridized carbons (Fsp3) is 0.562. The molecule has 0 aromatic heterocycles. The predicted octanol–water partition coefficient (Wildman–Crippen LogP) is 8.77. The SMILES string of the molecule is CC(=O)c1cc(Br)c(C(F)(F)C(F)(F)C(F)(F)C(F)(F)C(F)(F)C(F)(F)C(F)(F)C(F)(F)F)cc1Cl. The third kappa shape index (κ3) is 4.20. The molecule has 1 rings (SSSR count). The fourth-order valence-electron chi connectivity index (χ4n) is 2.39. The zero-order valence-electron chi connectivity index (χ0n) is 16.2. The molecule has 0 aliphatic carbocycles. The second-order valence-electron chi connectivity index (χ2n) is 6.89. The third-order valence-corrected chi connectivity index (χ3v) is 5.47. The molecule has 1 nitrogen and oxygen atoms in total. The summed E-state index contributed by atoms with van der Waals surface area (Å²) < 4.78 is 226. The number of hydrogen-bond acceptors (Lipinski definition) is 1. The van der Waals surface area contributed by atoms with Gasteiger partial charge in [0.2, 0.25) is 0 Å². The fourth-order valence-corrected chi connectivity index (χ4v) is 3.28. The molecule has 0 bridgehead atoms. The lowest BCUT2D eigenvalue weighted by Gasteiger charge is -2.43. The van der Waals surface area contributed by atoms with Crippen molar-refractivity contribution >= 4 is 33.3 Å². The monoisotopic (exact) mass is 650 g/mol. The molecule has 0 saturated carbocycles. The van der Waals surface area contributed by atoms with Crippen molar-refractivity contribution in [3.05, 3.63) is 32.8 Å². The lowest BCUT2D eigenvalue weighted by Crippen LogP contribution is -2.74. The van der Waals surface area contributed by atoms with Crippen LogP contribution < -0.4 is 0 Å². The standard InChI is InChI=1S/C16H5BrClF17O/c1-4(36)5-2-7(17)6(3-8(5)18)9(19,20)10(21,22)11(23,24)12(25,26)13(27,28)14(29,30)15(31,32)16(33,34)35/h2-3H,1H3. The van der Waals surface area contributed by atoms with Crippen molar-refractivity contribution in [1.29, 1.82) is 0 Å². The molecule has 20 heteroatoms. The van der Waals surface area contributed by atoms with Crippen LogP contribution in [0.3, 0.4) is 0 Å². The predicted molar refractivity (Wildman–Crippen MR) is 88.8 cm³/mol. The minimum absolute atomic E-state index is 0.160. The van der Waals surface area contributed by atoms with Crippen molar-refractivity contribution in [3.63, 3.8) is 0 Å². The quantitative estimate of drug-likeness (QED) is 0.203. The average molecular weight is 652 g/mol. The summed E-state index contributed by atoms with van der Waals surface area (Å²) in [6.45, 7) is 0.716. The Morgan fingerprint density at radius 2 is 0.972 bits per heavy atom. The number of Topliss-reactive ketones (excluding diaryl/α,β-unsaturated/α-hetero) is 1.